The lowest BCUT2D eigenvalue weighted by atomic mass is 10.1. The molecule has 22 heavy (non-hydrogen) atoms. The van der Waals surface area contributed by atoms with Crippen molar-refractivity contribution < 1.29 is 4.39 Å². The van der Waals surface area contributed by atoms with Gasteiger partial charge in [0.15, 0.2) is 0 Å². The van der Waals surface area contributed by atoms with E-state index in [0.29, 0.717) is 0 Å². The molecule has 0 fully saturated rings. The number of benzene rings is 2. The largest absolute Gasteiger partial charge is 0.207 e. The molecule has 0 nitrogen and oxygen atoms in total. The van der Waals surface area contributed by atoms with Gasteiger partial charge in [-0.15, -0.1) is 0 Å². The predicted octanol–water partition coefficient (Wildman–Crippen LogP) is 7.80. The summed E-state index contributed by atoms with van der Waals surface area (Å²) in [6, 6.07) is 10.6. The Morgan fingerprint density at radius 2 is 1.23 bits per heavy atom. The molecule has 0 atom stereocenters. The molecule has 0 aromatic heterocycles. The van der Waals surface area contributed by atoms with Crippen LogP contribution in [0.5, 0.6) is 0 Å². The highest BCUT2D eigenvalue weighted by Gasteiger charge is 1.96. The summed E-state index contributed by atoms with van der Waals surface area (Å²) in [5.41, 5.74) is 2.77. The van der Waals surface area contributed by atoms with Crippen molar-refractivity contribution in [3.05, 3.63) is 69.0 Å². The SMILES string of the molecule is CC.CC.Cc1c(Cl)cccc1Cl.Cc1ccc(F)c(C)c1. The Morgan fingerprint density at radius 1 is 0.773 bits per heavy atom. The van der Waals surface area contributed by atoms with Crippen molar-refractivity contribution in [2.45, 2.75) is 48.5 Å². The van der Waals surface area contributed by atoms with Crippen molar-refractivity contribution in [1.29, 1.82) is 0 Å². The van der Waals surface area contributed by atoms with Crippen LogP contribution in [0, 0.1) is 26.6 Å². The van der Waals surface area contributed by atoms with Crippen LogP contribution in [0.4, 0.5) is 4.39 Å². The monoisotopic (exact) mass is 344 g/mol. The van der Waals surface area contributed by atoms with E-state index >= 15 is 0 Å². The van der Waals surface area contributed by atoms with E-state index in [9.17, 15) is 4.39 Å². The van der Waals surface area contributed by atoms with E-state index in [0.717, 1.165) is 26.7 Å². The highest BCUT2D eigenvalue weighted by atomic mass is 35.5. The van der Waals surface area contributed by atoms with E-state index in [1.807, 2.05) is 65.8 Å². The van der Waals surface area contributed by atoms with Gasteiger partial charge in [-0.1, -0.05) is 74.7 Å². The molecule has 0 saturated heterocycles. The van der Waals surface area contributed by atoms with E-state index in [4.69, 9.17) is 23.2 Å². The minimum absolute atomic E-state index is 0.124. The first-order valence-corrected chi connectivity index (χ1v) is 8.30. The smallest absolute Gasteiger partial charge is 0.126 e. The van der Waals surface area contributed by atoms with Crippen molar-refractivity contribution >= 4 is 23.2 Å². The van der Waals surface area contributed by atoms with Gasteiger partial charge in [-0.2, -0.15) is 0 Å². The molecule has 0 aliphatic carbocycles. The standard InChI is InChI=1S/C8H9F.C7H6Cl2.2C2H6/c1-6-3-4-8(9)7(2)5-6;1-5-6(8)3-2-4-7(5)9;2*1-2/h3-5H,1-2H3;2-4H,1H3;2*1-2H3. The third-order valence-electron chi connectivity index (χ3n) is 2.52. The quantitative estimate of drug-likeness (QED) is 0.457. The number of halogens is 3. The molecule has 0 saturated carbocycles. The van der Waals surface area contributed by atoms with Gasteiger partial charge in [0, 0.05) is 10.0 Å². The molecular formula is C19H27Cl2F. The van der Waals surface area contributed by atoms with Crippen LogP contribution < -0.4 is 0 Å². The van der Waals surface area contributed by atoms with Gasteiger partial charge >= 0.3 is 0 Å². The Hall–Kier alpha value is -1.05. The summed E-state index contributed by atoms with van der Waals surface area (Å²) in [5.74, 6) is -0.124. The molecule has 0 N–H and O–H groups in total. The summed E-state index contributed by atoms with van der Waals surface area (Å²) in [5, 5.41) is 1.45. The summed E-state index contributed by atoms with van der Waals surface area (Å²) in [6.45, 7) is 13.6. The van der Waals surface area contributed by atoms with Gasteiger partial charge in [-0.25, -0.2) is 4.39 Å². The van der Waals surface area contributed by atoms with Crippen LogP contribution in [0.25, 0.3) is 0 Å². The normalized spacial score (nSPS) is 8.45. The fourth-order valence-electron chi connectivity index (χ4n) is 1.38. The van der Waals surface area contributed by atoms with E-state index in [1.165, 1.54) is 6.07 Å². The second-order valence-corrected chi connectivity index (χ2v) is 4.91. The lowest BCUT2D eigenvalue weighted by Crippen LogP contribution is -1.81. The Kier molecular flexibility index (Phi) is 14.4. The summed E-state index contributed by atoms with van der Waals surface area (Å²) in [4.78, 5) is 0. The zero-order chi connectivity index (χ0) is 17.7. The Bertz CT molecular complexity index is 517. The number of rotatable bonds is 0. The van der Waals surface area contributed by atoms with Gasteiger partial charge in [0.2, 0.25) is 0 Å². The van der Waals surface area contributed by atoms with Crippen molar-refractivity contribution in [3.8, 4) is 0 Å². The van der Waals surface area contributed by atoms with E-state index < -0.39 is 0 Å². The molecule has 0 unspecified atom stereocenters. The predicted molar refractivity (Wildman–Crippen MR) is 99.8 cm³/mol. The first-order valence-electron chi connectivity index (χ1n) is 7.55. The molecule has 2 aromatic carbocycles. The van der Waals surface area contributed by atoms with Gasteiger partial charge in [-0.05, 0) is 50.1 Å². The average Bonchev–Trinajstić information content (AvgIpc) is 2.53. The van der Waals surface area contributed by atoms with Crippen LogP contribution in [-0.4, -0.2) is 0 Å². The maximum absolute atomic E-state index is 12.5. The zero-order valence-electron chi connectivity index (χ0n) is 14.6. The molecule has 0 amide bonds. The first-order chi connectivity index (χ1) is 10.4. The fraction of sp³-hybridized carbons (Fsp3) is 0.368. The third kappa shape index (κ3) is 9.07. The first kappa shape index (κ1) is 23.2. The maximum Gasteiger partial charge on any atom is 0.126 e. The average molecular weight is 345 g/mol. The van der Waals surface area contributed by atoms with Gasteiger partial charge in [0.05, 0.1) is 0 Å². The van der Waals surface area contributed by atoms with E-state index in [-0.39, 0.29) is 5.82 Å². The lowest BCUT2D eigenvalue weighted by Gasteiger charge is -1.96. The van der Waals surface area contributed by atoms with Crippen LogP contribution in [0.2, 0.25) is 10.0 Å². The summed E-state index contributed by atoms with van der Waals surface area (Å²) < 4.78 is 12.5. The summed E-state index contributed by atoms with van der Waals surface area (Å²) in [6.07, 6.45) is 0. The lowest BCUT2D eigenvalue weighted by molar-refractivity contribution is 0.618. The van der Waals surface area contributed by atoms with Gasteiger partial charge in [-0.3, -0.25) is 0 Å². The molecule has 0 bridgehead atoms. The molecule has 3 heteroatoms. The van der Waals surface area contributed by atoms with E-state index in [1.54, 1.807) is 13.0 Å². The number of hydrogen-bond acceptors (Lipinski definition) is 0. The van der Waals surface area contributed by atoms with Crippen LogP contribution in [0.15, 0.2) is 36.4 Å². The van der Waals surface area contributed by atoms with Crippen molar-refractivity contribution in [2.75, 3.05) is 0 Å². The second-order valence-electron chi connectivity index (χ2n) is 4.10. The topological polar surface area (TPSA) is 0 Å². The molecule has 124 valence electrons. The van der Waals surface area contributed by atoms with Crippen LogP contribution >= 0.6 is 23.2 Å². The maximum atomic E-state index is 12.5. The molecule has 2 aromatic rings. The third-order valence-corrected chi connectivity index (χ3v) is 3.33. The Morgan fingerprint density at radius 3 is 1.55 bits per heavy atom. The van der Waals surface area contributed by atoms with Crippen molar-refractivity contribution in [3.63, 3.8) is 0 Å². The molecule has 0 aliphatic rings. The van der Waals surface area contributed by atoms with Gasteiger partial charge in [0.1, 0.15) is 5.82 Å². The van der Waals surface area contributed by atoms with Crippen LogP contribution in [-0.2, 0) is 0 Å². The zero-order valence-corrected chi connectivity index (χ0v) is 16.1. The highest BCUT2D eigenvalue weighted by Crippen LogP contribution is 2.22. The molecule has 0 radical (unpaired) electrons. The van der Waals surface area contributed by atoms with E-state index in [2.05, 4.69) is 0 Å². The molecule has 0 spiro atoms. The molecule has 0 heterocycles. The fourth-order valence-corrected chi connectivity index (χ4v) is 1.77. The van der Waals surface area contributed by atoms with Gasteiger partial charge in [0.25, 0.3) is 0 Å². The van der Waals surface area contributed by atoms with Crippen molar-refractivity contribution in [2.24, 2.45) is 0 Å². The number of aryl methyl sites for hydroxylation is 2. The van der Waals surface area contributed by atoms with Crippen LogP contribution in [0.1, 0.15) is 44.4 Å². The molecule has 0 aliphatic heterocycles. The van der Waals surface area contributed by atoms with Gasteiger partial charge < -0.3 is 0 Å². The Balaban J connectivity index is 0. The summed E-state index contributed by atoms with van der Waals surface area (Å²) in [7, 11) is 0. The minimum Gasteiger partial charge on any atom is -0.207 e. The molecule has 2 rings (SSSR count). The minimum atomic E-state index is -0.124. The van der Waals surface area contributed by atoms with Crippen molar-refractivity contribution in [1.82, 2.24) is 0 Å². The number of hydrogen-bond donors (Lipinski definition) is 0. The summed E-state index contributed by atoms with van der Waals surface area (Å²) >= 11 is 11.5. The Labute approximate surface area is 145 Å². The highest BCUT2D eigenvalue weighted by molar-refractivity contribution is 6.35. The molecular weight excluding hydrogens is 318 g/mol. The second kappa shape index (κ2) is 13.6. The van der Waals surface area contributed by atoms with Crippen LogP contribution in [0.3, 0.4) is 0 Å².